The van der Waals surface area contributed by atoms with Gasteiger partial charge in [0, 0.05) is 18.3 Å². The van der Waals surface area contributed by atoms with Crippen molar-refractivity contribution in [1.29, 1.82) is 0 Å². The normalized spacial score (nSPS) is 30.1. The van der Waals surface area contributed by atoms with Gasteiger partial charge in [0.15, 0.2) is 0 Å². The average Bonchev–Trinajstić information content (AvgIpc) is 2.63. The quantitative estimate of drug-likeness (QED) is 0.763. The van der Waals surface area contributed by atoms with Crippen molar-refractivity contribution in [3.05, 3.63) is 0 Å². The fraction of sp³-hybridized carbons (Fsp3) is 0.833. The highest BCUT2D eigenvalue weighted by molar-refractivity contribution is 7.99. The fourth-order valence-corrected chi connectivity index (χ4v) is 3.67. The Morgan fingerprint density at radius 2 is 2.24 bits per heavy atom. The molecule has 0 aromatic heterocycles. The van der Waals surface area contributed by atoms with Crippen LogP contribution in [-0.4, -0.2) is 46.8 Å². The molecule has 0 radical (unpaired) electrons. The summed E-state index contributed by atoms with van der Waals surface area (Å²) in [6.07, 6.45) is 4.16. The SMILES string of the molecule is CCN1C(=O)CC(NCC2CCCCS2)C1=O. The number of imide groups is 1. The molecular weight excluding hydrogens is 236 g/mol. The number of rotatable bonds is 4. The second-order valence-electron chi connectivity index (χ2n) is 4.63. The molecule has 0 bridgehead atoms. The minimum absolute atomic E-state index is 0.0358. The fourth-order valence-electron chi connectivity index (χ4n) is 2.42. The van der Waals surface area contributed by atoms with E-state index in [1.165, 1.54) is 29.9 Å². The number of nitrogens with one attached hydrogen (secondary N) is 1. The van der Waals surface area contributed by atoms with Crippen LogP contribution in [0.2, 0.25) is 0 Å². The van der Waals surface area contributed by atoms with Crippen LogP contribution in [0, 0.1) is 0 Å². The molecule has 2 heterocycles. The van der Waals surface area contributed by atoms with Gasteiger partial charge in [0.1, 0.15) is 0 Å². The van der Waals surface area contributed by atoms with Crippen molar-refractivity contribution in [2.45, 2.75) is 43.9 Å². The van der Waals surface area contributed by atoms with E-state index in [9.17, 15) is 9.59 Å². The highest BCUT2D eigenvalue weighted by Crippen LogP contribution is 2.24. The molecule has 0 aromatic carbocycles. The van der Waals surface area contributed by atoms with Gasteiger partial charge in [-0.25, -0.2) is 0 Å². The molecule has 0 aromatic rings. The predicted molar refractivity (Wildman–Crippen MR) is 68.9 cm³/mol. The second kappa shape index (κ2) is 5.87. The van der Waals surface area contributed by atoms with Crippen LogP contribution in [0.3, 0.4) is 0 Å². The third-order valence-electron chi connectivity index (χ3n) is 3.43. The maximum absolute atomic E-state index is 11.9. The van der Waals surface area contributed by atoms with Crippen molar-refractivity contribution in [2.24, 2.45) is 0 Å². The van der Waals surface area contributed by atoms with E-state index in [1.807, 2.05) is 18.7 Å². The molecule has 1 N–H and O–H groups in total. The maximum Gasteiger partial charge on any atom is 0.246 e. The van der Waals surface area contributed by atoms with Gasteiger partial charge >= 0.3 is 0 Å². The van der Waals surface area contributed by atoms with E-state index in [-0.39, 0.29) is 17.9 Å². The molecule has 96 valence electrons. The van der Waals surface area contributed by atoms with E-state index in [0.717, 1.165) is 6.54 Å². The highest BCUT2D eigenvalue weighted by Gasteiger charge is 2.37. The van der Waals surface area contributed by atoms with Crippen LogP contribution in [0.1, 0.15) is 32.6 Å². The van der Waals surface area contributed by atoms with Crippen molar-refractivity contribution < 1.29 is 9.59 Å². The first-order valence-corrected chi connectivity index (χ1v) is 7.46. The zero-order valence-corrected chi connectivity index (χ0v) is 11.1. The number of likely N-dealkylation sites (tertiary alicyclic amines) is 1. The van der Waals surface area contributed by atoms with E-state index in [0.29, 0.717) is 18.2 Å². The molecule has 2 amide bonds. The van der Waals surface area contributed by atoms with Crippen LogP contribution < -0.4 is 5.32 Å². The van der Waals surface area contributed by atoms with Crippen molar-refractivity contribution in [2.75, 3.05) is 18.8 Å². The lowest BCUT2D eigenvalue weighted by Gasteiger charge is -2.22. The van der Waals surface area contributed by atoms with Gasteiger partial charge in [-0.15, -0.1) is 0 Å². The molecule has 2 aliphatic rings. The molecule has 2 aliphatic heterocycles. The van der Waals surface area contributed by atoms with Crippen LogP contribution in [0.5, 0.6) is 0 Å². The number of carbonyl (C=O) groups excluding carboxylic acids is 2. The van der Waals surface area contributed by atoms with Crippen molar-refractivity contribution >= 4 is 23.6 Å². The van der Waals surface area contributed by atoms with Crippen molar-refractivity contribution in [3.8, 4) is 0 Å². The Morgan fingerprint density at radius 3 is 2.82 bits per heavy atom. The largest absolute Gasteiger partial charge is 0.304 e. The van der Waals surface area contributed by atoms with E-state index in [2.05, 4.69) is 5.32 Å². The van der Waals surface area contributed by atoms with Gasteiger partial charge in [-0.2, -0.15) is 11.8 Å². The third kappa shape index (κ3) is 3.01. The minimum Gasteiger partial charge on any atom is -0.304 e. The van der Waals surface area contributed by atoms with E-state index in [4.69, 9.17) is 0 Å². The molecule has 4 nitrogen and oxygen atoms in total. The van der Waals surface area contributed by atoms with Crippen molar-refractivity contribution in [1.82, 2.24) is 10.2 Å². The number of likely N-dealkylation sites (N-methyl/N-ethyl adjacent to an activating group) is 1. The smallest absolute Gasteiger partial charge is 0.246 e. The summed E-state index contributed by atoms with van der Waals surface area (Å²) in [4.78, 5) is 24.7. The maximum atomic E-state index is 11.9. The van der Waals surface area contributed by atoms with Gasteiger partial charge in [-0.05, 0) is 25.5 Å². The standard InChI is InChI=1S/C12H20N2O2S/c1-2-14-11(15)7-10(12(14)16)13-8-9-5-3-4-6-17-9/h9-10,13H,2-8H2,1H3. The molecule has 2 fully saturated rings. The number of amides is 2. The van der Waals surface area contributed by atoms with Crippen LogP contribution in [-0.2, 0) is 9.59 Å². The Labute approximate surface area is 106 Å². The Morgan fingerprint density at radius 1 is 1.41 bits per heavy atom. The van der Waals surface area contributed by atoms with Gasteiger partial charge in [-0.1, -0.05) is 6.42 Å². The molecule has 0 spiro atoms. The molecule has 0 aliphatic carbocycles. The first-order chi connectivity index (χ1) is 8.22. The summed E-state index contributed by atoms with van der Waals surface area (Å²) in [6, 6.07) is -0.273. The summed E-state index contributed by atoms with van der Waals surface area (Å²) in [5.41, 5.74) is 0. The summed E-state index contributed by atoms with van der Waals surface area (Å²) >= 11 is 1.98. The molecule has 0 saturated carbocycles. The first kappa shape index (κ1) is 12.9. The summed E-state index contributed by atoms with van der Waals surface area (Å²) in [7, 11) is 0. The third-order valence-corrected chi connectivity index (χ3v) is 4.82. The number of nitrogens with zero attached hydrogens (tertiary/aromatic N) is 1. The molecule has 2 unspecified atom stereocenters. The van der Waals surface area contributed by atoms with Crippen LogP contribution in [0.15, 0.2) is 0 Å². The van der Waals surface area contributed by atoms with E-state index in [1.54, 1.807) is 0 Å². The number of hydrogen-bond acceptors (Lipinski definition) is 4. The molecular formula is C12H20N2O2S. The van der Waals surface area contributed by atoms with E-state index < -0.39 is 0 Å². The van der Waals surface area contributed by atoms with Gasteiger partial charge in [0.05, 0.1) is 12.5 Å². The van der Waals surface area contributed by atoms with Crippen LogP contribution in [0.4, 0.5) is 0 Å². The Hall–Kier alpha value is -0.550. The van der Waals surface area contributed by atoms with Gasteiger partial charge in [0.25, 0.3) is 0 Å². The Kier molecular flexibility index (Phi) is 4.45. The van der Waals surface area contributed by atoms with Crippen LogP contribution >= 0.6 is 11.8 Å². The number of carbonyl (C=O) groups is 2. The summed E-state index contributed by atoms with van der Waals surface area (Å²) in [6.45, 7) is 3.19. The molecule has 2 atom stereocenters. The molecule has 5 heteroatoms. The summed E-state index contributed by atoms with van der Waals surface area (Å²) < 4.78 is 0. The summed E-state index contributed by atoms with van der Waals surface area (Å²) in [5, 5.41) is 3.88. The average molecular weight is 256 g/mol. The number of hydrogen-bond donors (Lipinski definition) is 1. The lowest BCUT2D eigenvalue weighted by Crippen LogP contribution is -2.41. The molecule has 2 saturated heterocycles. The lowest BCUT2D eigenvalue weighted by atomic mass is 10.1. The van der Waals surface area contributed by atoms with Gasteiger partial charge < -0.3 is 5.32 Å². The molecule has 2 rings (SSSR count). The zero-order valence-electron chi connectivity index (χ0n) is 10.3. The minimum atomic E-state index is -0.273. The van der Waals surface area contributed by atoms with E-state index >= 15 is 0 Å². The monoisotopic (exact) mass is 256 g/mol. The Bertz CT molecular complexity index is 303. The van der Waals surface area contributed by atoms with Gasteiger partial charge in [0.2, 0.25) is 11.8 Å². The van der Waals surface area contributed by atoms with Crippen LogP contribution in [0.25, 0.3) is 0 Å². The van der Waals surface area contributed by atoms with Gasteiger partial charge in [-0.3, -0.25) is 14.5 Å². The van der Waals surface area contributed by atoms with Crippen molar-refractivity contribution in [3.63, 3.8) is 0 Å². The lowest BCUT2D eigenvalue weighted by molar-refractivity contribution is -0.138. The topological polar surface area (TPSA) is 49.4 Å². The summed E-state index contributed by atoms with van der Waals surface area (Å²) in [5.74, 6) is 1.15. The molecule has 17 heavy (non-hydrogen) atoms. The number of thioether (sulfide) groups is 1. The zero-order chi connectivity index (χ0) is 12.3. The second-order valence-corrected chi connectivity index (χ2v) is 6.04. The highest BCUT2D eigenvalue weighted by atomic mass is 32.2. The predicted octanol–water partition coefficient (Wildman–Crippen LogP) is 1.01. The Balaban J connectivity index is 1.79. The first-order valence-electron chi connectivity index (χ1n) is 6.41.